The Morgan fingerprint density at radius 3 is 2.52 bits per heavy atom. The molecule has 130 valence electrons. The first kappa shape index (κ1) is 16.1. The van der Waals surface area contributed by atoms with Crippen molar-refractivity contribution in [3.63, 3.8) is 0 Å². The van der Waals surface area contributed by atoms with Gasteiger partial charge in [0.15, 0.2) is 0 Å². The number of carbonyl (C=O) groups is 2. The molecule has 0 unspecified atom stereocenters. The number of nitrogens with one attached hydrogen (secondary N) is 1. The molecular weight excluding hydrogens is 314 g/mol. The van der Waals surface area contributed by atoms with Gasteiger partial charge >= 0.3 is 0 Å². The Labute approximate surface area is 147 Å². The molecule has 1 fully saturated rings. The second-order valence-corrected chi connectivity index (χ2v) is 7.24. The van der Waals surface area contributed by atoms with Crippen molar-refractivity contribution in [1.29, 1.82) is 5.41 Å². The summed E-state index contributed by atoms with van der Waals surface area (Å²) in [4.78, 5) is 28.7. The number of amides is 2. The maximum Gasteiger partial charge on any atom is 0.254 e. The lowest BCUT2D eigenvalue weighted by Crippen LogP contribution is -2.47. The Bertz CT molecular complexity index is 730. The van der Waals surface area contributed by atoms with Crippen molar-refractivity contribution in [2.45, 2.75) is 44.6 Å². The number of benzene rings is 1. The molecule has 1 aromatic rings. The highest BCUT2D eigenvalue weighted by molar-refractivity contribution is 6.03. The molecule has 3 aliphatic rings. The lowest BCUT2D eigenvalue weighted by molar-refractivity contribution is -0.141. The van der Waals surface area contributed by atoms with Gasteiger partial charge in [0.25, 0.3) is 5.91 Å². The molecule has 1 atom stereocenters. The van der Waals surface area contributed by atoms with E-state index in [4.69, 9.17) is 5.41 Å². The van der Waals surface area contributed by atoms with Crippen molar-refractivity contribution in [2.75, 3.05) is 6.54 Å². The minimum atomic E-state index is -0.403. The fraction of sp³-hybridized carbons (Fsp3) is 0.450. The molecule has 2 aliphatic heterocycles. The number of hydrogen-bond donors (Lipinski definition) is 1. The Hall–Kier alpha value is -2.43. The molecule has 2 amide bonds. The van der Waals surface area contributed by atoms with Crippen LogP contribution in [-0.4, -0.2) is 40.0 Å². The Morgan fingerprint density at radius 1 is 1.16 bits per heavy atom. The molecule has 0 saturated carbocycles. The molecule has 1 N–H and O–H groups in total. The van der Waals surface area contributed by atoms with Gasteiger partial charge in [-0.1, -0.05) is 30.3 Å². The van der Waals surface area contributed by atoms with Crippen molar-refractivity contribution < 1.29 is 9.59 Å². The summed E-state index contributed by atoms with van der Waals surface area (Å²) in [5.74, 6) is 0.601. The number of nitrogens with zero attached hydrogens (tertiary/aromatic N) is 2. The lowest BCUT2D eigenvalue weighted by atomic mass is 10.0. The molecule has 0 spiro atoms. The van der Waals surface area contributed by atoms with Gasteiger partial charge in [-0.2, -0.15) is 0 Å². The highest BCUT2D eigenvalue weighted by Crippen LogP contribution is 2.30. The second-order valence-electron chi connectivity index (χ2n) is 7.24. The number of amidine groups is 1. The molecule has 1 saturated heterocycles. The molecule has 0 bridgehead atoms. The zero-order valence-electron chi connectivity index (χ0n) is 14.3. The van der Waals surface area contributed by atoms with E-state index in [1.165, 1.54) is 16.0 Å². The van der Waals surface area contributed by atoms with Crippen LogP contribution in [0, 0.1) is 11.3 Å². The largest absolute Gasteiger partial charge is 0.331 e. The monoisotopic (exact) mass is 337 g/mol. The van der Waals surface area contributed by atoms with Gasteiger partial charge in [-0.25, -0.2) is 0 Å². The van der Waals surface area contributed by atoms with Crippen LogP contribution < -0.4 is 0 Å². The number of likely N-dealkylation sites (tertiary alicyclic amines) is 1. The predicted molar refractivity (Wildman–Crippen MR) is 95.0 cm³/mol. The van der Waals surface area contributed by atoms with E-state index < -0.39 is 6.04 Å². The zero-order valence-corrected chi connectivity index (χ0v) is 14.3. The van der Waals surface area contributed by atoms with E-state index in [9.17, 15) is 9.59 Å². The summed E-state index contributed by atoms with van der Waals surface area (Å²) >= 11 is 0. The molecule has 25 heavy (non-hydrogen) atoms. The first-order chi connectivity index (χ1) is 12.1. The summed E-state index contributed by atoms with van der Waals surface area (Å²) in [6, 6.07) is 7.99. The third-order valence-electron chi connectivity index (χ3n) is 5.55. The SMILES string of the molecule is N=C1CC=CN1C(=O)[C@@H]1CCCN1C(=O)CC1Cc2ccccc2C1. The number of rotatable bonds is 3. The van der Waals surface area contributed by atoms with Gasteiger partial charge in [0.1, 0.15) is 11.9 Å². The summed E-state index contributed by atoms with van der Waals surface area (Å²) in [5.41, 5.74) is 2.70. The quantitative estimate of drug-likeness (QED) is 0.921. The van der Waals surface area contributed by atoms with E-state index >= 15 is 0 Å². The van der Waals surface area contributed by atoms with Crippen molar-refractivity contribution in [3.05, 3.63) is 47.7 Å². The van der Waals surface area contributed by atoms with E-state index in [0.29, 0.717) is 37.6 Å². The Balaban J connectivity index is 1.41. The minimum Gasteiger partial charge on any atom is -0.331 e. The number of carbonyl (C=O) groups excluding carboxylic acids is 2. The van der Waals surface area contributed by atoms with Gasteiger partial charge in [-0.15, -0.1) is 0 Å². The predicted octanol–water partition coefficient (Wildman–Crippen LogP) is 2.51. The molecule has 2 heterocycles. The standard InChI is InChI=1S/C20H23N3O2/c21-18-8-4-10-23(18)20(25)17-7-3-9-22(17)19(24)13-14-11-15-5-1-2-6-16(15)12-14/h1-2,4-6,10,14,17,21H,3,7-9,11-13H2/t17-/m0/s1. The van der Waals surface area contributed by atoms with Crippen LogP contribution in [0.1, 0.15) is 36.8 Å². The van der Waals surface area contributed by atoms with Crippen LogP contribution in [0.5, 0.6) is 0 Å². The third kappa shape index (κ3) is 2.99. The number of hydrogen-bond acceptors (Lipinski definition) is 3. The molecule has 1 aliphatic carbocycles. The van der Waals surface area contributed by atoms with Crippen LogP contribution in [0.4, 0.5) is 0 Å². The summed E-state index contributed by atoms with van der Waals surface area (Å²) in [6.07, 6.45) is 7.95. The van der Waals surface area contributed by atoms with Gasteiger partial charge < -0.3 is 4.90 Å². The van der Waals surface area contributed by atoms with Crippen molar-refractivity contribution >= 4 is 17.6 Å². The smallest absolute Gasteiger partial charge is 0.254 e. The molecule has 5 heteroatoms. The minimum absolute atomic E-state index is 0.0864. The topological polar surface area (TPSA) is 64.5 Å². The summed E-state index contributed by atoms with van der Waals surface area (Å²) in [5, 5.41) is 7.87. The summed E-state index contributed by atoms with van der Waals surface area (Å²) in [6.45, 7) is 0.653. The number of fused-ring (bicyclic) bond motifs is 1. The fourth-order valence-corrected chi connectivity index (χ4v) is 4.31. The fourth-order valence-electron chi connectivity index (χ4n) is 4.31. The Kier molecular flexibility index (Phi) is 4.15. The van der Waals surface area contributed by atoms with Gasteiger partial charge in [-0.05, 0) is 42.7 Å². The van der Waals surface area contributed by atoms with Crippen LogP contribution in [-0.2, 0) is 22.4 Å². The van der Waals surface area contributed by atoms with Crippen LogP contribution in [0.25, 0.3) is 0 Å². The zero-order chi connectivity index (χ0) is 17.4. The summed E-state index contributed by atoms with van der Waals surface area (Å²) in [7, 11) is 0. The summed E-state index contributed by atoms with van der Waals surface area (Å²) < 4.78 is 0. The first-order valence-corrected chi connectivity index (χ1v) is 9.07. The van der Waals surface area contributed by atoms with Crippen molar-refractivity contribution in [1.82, 2.24) is 9.80 Å². The Morgan fingerprint density at radius 2 is 1.88 bits per heavy atom. The van der Waals surface area contributed by atoms with E-state index in [-0.39, 0.29) is 11.8 Å². The van der Waals surface area contributed by atoms with Gasteiger partial charge in [0.05, 0.1) is 0 Å². The van der Waals surface area contributed by atoms with E-state index in [1.54, 1.807) is 11.1 Å². The average molecular weight is 337 g/mol. The van der Waals surface area contributed by atoms with Crippen molar-refractivity contribution in [2.24, 2.45) is 5.92 Å². The van der Waals surface area contributed by atoms with Crippen LogP contribution in [0.2, 0.25) is 0 Å². The van der Waals surface area contributed by atoms with Crippen LogP contribution in [0.15, 0.2) is 36.5 Å². The molecule has 0 radical (unpaired) electrons. The van der Waals surface area contributed by atoms with E-state index in [1.807, 2.05) is 6.08 Å². The maximum absolute atomic E-state index is 12.8. The highest BCUT2D eigenvalue weighted by Gasteiger charge is 2.38. The normalized spacial score (nSPS) is 22.7. The van der Waals surface area contributed by atoms with Gasteiger partial charge in [0, 0.05) is 25.6 Å². The maximum atomic E-state index is 12.8. The highest BCUT2D eigenvalue weighted by atomic mass is 16.2. The van der Waals surface area contributed by atoms with Crippen LogP contribution >= 0.6 is 0 Å². The van der Waals surface area contributed by atoms with Crippen molar-refractivity contribution in [3.8, 4) is 0 Å². The molecule has 1 aromatic carbocycles. The molecule has 5 nitrogen and oxygen atoms in total. The average Bonchev–Trinajstić information content (AvgIpc) is 3.32. The van der Waals surface area contributed by atoms with Crippen LogP contribution in [0.3, 0.4) is 0 Å². The van der Waals surface area contributed by atoms with E-state index in [2.05, 4.69) is 24.3 Å². The molecule has 4 rings (SSSR count). The first-order valence-electron chi connectivity index (χ1n) is 9.07. The molecular formula is C20H23N3O2. The lowest BCUT2D eigenvalue weighted by Gasteiger charge is -2.28. The third-order valence-corrected chi connectivity index (χ3v) is 5.55. The van der Waals surface area contributed by atoms with Gasteiger partial charge in [0.2, 0.25) is 5.91 Å². The van der Waals surface area contributed by atoms with Gasteiger partial charge in [-0.3, -0.25) is 19.9 Å². The molecule has 0 aromatic heterocycles. The van der Waals surface area contributed by atoms with E-state index in [0.717, 1.165) is 19.3 Å². The second kappa shape index (κ2) is 6.47.